The van der Waals surface area contributed by atoms with E-state index in [0.29, 0.717) is 23.9 Å². The van der Waals surface area contributed by atoms with E-state index in [2.05, 4.69) is 6.58 Å². The second kappa shape index (κ2) is 12.3. The lowest BCUT2D eigenvalue weighted by atomic mass is 10.1. The number of hydrogen-bond acceptors (Lipinski definition) is 3. The molecule has 7 heteroatoms. The van der Waals surface area contributed by atoms with Gasteiger partial charge in [0.05, 0.1) is 6.61 Å². The molecule has 5 nitrogen and oxygen atoms in total. The molecule has 3 aromatic rings. The minimum atomic E-state index is -0.223. The van der Waals surface area contributed by atoms with Crippen LogP contribution in [0.2, 0.25) is 5.02 Å². The lowest BCUT2D eigenvalue weighted by Crippen LogP contribution is -3.00. The molecule has 0 amide bonds. The molecule has 158 valence electrons. The quantitative estimate of drug-likeness (QED) is 0.297. The predicted molar refractivity (Wildman–Crippen MR) is 112 cm³/mol. The predicted octanol–water partition coefficient (Wildman–Crippen LogP) is 1.02. The van der Waals surface area contributed by atoms with Gasteiger partial charge in [-0.25, -0.2) is 9.13 Å². The van der Waals surface area contributed by atoms with Crippen molar-refractivity contribution in [2.75, 3.05) is 13.2 Å². The van der Waals surface area contributed by atoms with E-state index in [-0.39, 0.29) is 42.0 Å². The maximum atomic E-state index is 12.2. The Morgan fingerprint density at radius 3 is 2.63 bits per heavy atom. The van der Waals surface area contributed by atoms with Crippen molar-refractivity contribution >= 4 is 17.4 Å². The Morgan fingerprint density at radius 2 is 1.90 bits per heavy atom. The van der Waals surface area contributed by atoms with Crippen molar-refractivity contribution in [1.82, 2.24) is 4.57 Å². The molecule has 0 aliphatic heterocycles. The summed E-state index contributed by atoms with van der Waals surface area (Å²) in [7, 11) is 0. The van der Waals surface area contributed by atoms with Crippen LogP contribution in [0.3, 0.4) is 0 Å². The number of imidazole rings is 1. The van der Waals surface area contributed by atoms with E-state index in [1.54, 1.807) is 6.08 Å². The molecule has 2 aromatic carbocycles. The number of ether oxygens (including phenoxy) is 2. The molecule has 0 spiro atoms. The minimum Gasteiger partial charge on any atom is -1.00 e. The minimum absolute atomic E-state index is 0. The third-order valence-electron chi connectivity index (χ3n) is 4.29. The highest BCUT2D eigenvalue weighted by molar-refractivity contribution is 6.31. The van der Waals surface area contributed by atoms with Gasteiger partial charge in [-0.2, -0.15) is 0 Å². The highest BCUT2D eigenvalue weighted by Crippen LogP contribution is 2.25. The molecule has 30 heavy (non-hydrogen) atoms. The van der Waals surface area contributed by atoms with E-state index in [4.69, 9.17) is 21.1 Å². The standard InChI is InChI=1S/C23H24ClN2O3.BrH/c1-2-14-28-23(21-10-6-7-11-22(21)24)16-26-13-12-25(18-26)15-19(27)17-29-20-8-4-3-5-9-20;/h2-13,18,23H,1,14-17H2;1H/q+1;/p-1. The summed E-state index contributed by atoms with van der Waals surface area (Å²) in [5, 5.41) is 0.662. The number of halogens is 2. The Bertz CT molecular complexity index is 946. The van der Waals surface area contributed by atoms with Gasteiger partial charge in [-0.1, -0.05) is 54.1 Å². The van der Waals surface area contributed by atoms with Crippen molar-refractivity contribution in [3.05, 3.63) is 96.6 Å². The van der Waals surface area contributed by atoms with Gasteiger partial charge in [0, 0.05) is 10.6 Å². The van der Waals surface area contributed by atoms with E-state index in [1.165, 1.54) is 0 Å². The zero-order valence-corrected chi connectivity index (χ0v) is 18.8. The van der Waals surface area contributed by atoms with Gasteiger partial charge in [0.15, 0.2) is 13.2 Å². The van der Waals surface area contributed by atoms with Gasteiger partial charge in [0.1, 0.15) is 30.8 Å². The Labute approximate surface area is 192 Å². The number of hydrogen-bond donors (Lipinski definition) is 0. The lowest BCUT2D eigenvalue weighted by molar-refractivity contribution is -0.704. The van der Waals surface area contributed by atoms with Crippen LogP contribution in [0.25, 0.3) is 0 Å². The molecule has 0 saturated heterocycles. The molecular weight excluding hydrogens is 468 g/mol. The molecule has 1 aromatic heterocycles. The molecule has 0 aliphatic rings. The van der Waals surface area contributed by atoms with Gasteiger partial charge >= 0.3 is 0 Å². The normalized spacial score (nSPS) is 11.4. The van der Waals surface area contributed by atoms with Gasteiger partial charge < -0.3 is 26.5 Å². The molecule has 0 radical (unpaired) electrons. The Morgan fingerprint density at radius 1 is 1.17 bits per heavy atom. The average Bonchev–Trinajstić information content (AvgIpc) is 3.17. The van der Waals surface area contributed by atoms with Crippen LogP contribution in [-0.4, -0.2) is 23.6 Å². The summed E-state index contributed by atoms with van der Waals surface area (Å²) >= 11 is 6.34. The van der Waals surface area contributed by atoms with Crippen LogP contribution in [0.4, 0.5) is 0 Å². The highest BCUT2D eigenvalue weighted by Gasteiger charge is 2.19. The van der Waals surface area contributed by atoms with Crippen LogP contribution >= 0.6 is 11.6 Å². The highest BCUT2D eigenvalue weighted by atomic mass is 79.9. The molecular formula is C23H24BrClN2O3. The van der Waals surface area contributed by atoms with E-state index in [1.807, 2.05) is 82.5 Å². The lowest BCUT2D eigenvalue weighted by Gasteiger charge is -2.17. The number of benzene rings is 2. The maximum Gasteiger partial charge on any atom is 0.244 e. The van der Waals surface area contributed by atoms with Crippen molar-refractivity contribution in [1.29, 1.82) is 0 Å². The first-order valence-electron chi connectivity index (χ1n) is 9.37. The summed E-state index contributed by atoms with van der Waals surface area (Å²) in [6.45, 7) is 4.98. The fourth-order valence-corrected chi connectivity index (χ4v) is 3.18. The molecule has 0 bridgehead atoms. The van der Waals surface area contributed by atoms with Crippen LogP contribution < -0.4 is 26.3 Å². The van der Waals surface area contributed by atoms with Gasteiger partial charge in [0.2, 0.25) is 12.1 Å². The Hall–Kier alpha value is -2.41. The number of carbonyl (C=O) groups is 1. The third kappa shape index (κ3) is 7.13. The third-order valence-corrected chi connectivity index (χ3v) is 4.64. The second-order valence-corrected chi connectivity index (χ2v) is 6.96. The number of Topliss-reactive ketones (excluding diaryl/α,β-unsaturated/α-hetero) is 1. The van der Waals surface area contributed by atoms with Crippen molar-refractivity contribution in [3.63, 3.8) is 0 Å². The number of ketones is 1. The summed E-state index contributed by atoms with van der Waals surface area (Å²) in [5.41, 5.74) is 0.920. The summed E-state index contributed by atoms with van der Waals surface area (Å²) in [6, 6.07) is 16.9. The number of nitrogens with zero attached hydrogens (tertiary/aromatic N) is 2. The molecule has 3 rings (SSSR count). The summed E-state index contributed by atoms with van der Waals surface area (Å²) < 4.78 is 15.2. The topological polar surface area (TPSA) is 44.3 Å². The largest absolute Gasteiger partial charge is 1.00 e. The first-order valence-corrected chi connectivity index (χ1v) is 9.75. The van der Waals surface area contributed by atoms with Crippen LogP contribution in [0, 0.1) is 0 Å². The van der Waals surface area contributed by atoms with Gasteiger partial charge in [-0.05, 0) is 18.2 Å². The summed E-state index contributed by atoms with van der Waals surface area (Å²) in [4.78, 5) is 12.2. The van der Waals surface area contributed by atoms with E-state index < -0.39 is 0 Å². The van der Waals surface area contributed by atoms with E-state index >= 15 is 0 Å². The number of carbonyl (C=O) groups excluding carboxylic acids is 1. The summed E-state index contributed by atoms with van der Waals surface area (Å²) in [5.74, 6) is 0.674. The van der Waals surface area contributed by atoms with Crippen LogP contribution in [0.5, 0.6) is 5.75 Å². The Kier molecular flexibility index (Phi) is 9.80. The van der Waals surface area contributed by atoms with Gasteiger partial charge in [-0.3, -0.25) is 4.79 Å². The second-order valence-electron chi connectivity index (χ2n) is 6.56. The van der Waals surface area contributed by atoms with Crippen molar-refractivity contribution in [3.8, 4) is 5.75 Å². The van der Waals surface area contributed by atoms with E-state index in [0.717, 1.165) is 5.56 Å². The molecule has 0 aliphatic carbocycles. The smallest absolute Gasteiger partial charge is 0.244 e. The van der Waals surface area contributed by atoms with Gasteiger partial charge in [-0.15, -0.1) is 6.58 Å². The van der Waals surface area contributed by atoms with Crippen molar-refractivity contribution in [2.45, 2.75) is 19.2 Å². The number of rotatable bonds is 11. The molecule has 0 saturated carbocycles. The molecule has 1 atom stereocenters. The Balaban J connectivity index is 0.00000320. The number of para-hydroxylation sites is 1. The maximum absolute atomic E-state index is 12.2. The van der Waals surface area contributed by atoms with Crippen LogP contribution in [0.15, 0.2) is 86.0 Å². The van der Waals surface area contributed by atoms with Crippen molar-refractivity contribution in [2.24, 2.45) is 0 Å². The average molecular weight is 492 g/mol. The zero-order chi connectivity index (χ0) is 20.5. The van der Waals surface area contributed by atoms with Gasteiger partial charge in [0.25, 0.3) is 0 Å². The zero-order valence-electron chi connectivity index (χ0n) is 16.5. The molecule has 1 heterocycles. The SMILES string of the molecule is C=CCOC(C[n+]1ccn(CC(=O)COc2ccccc2)c1)c1ccccc1Cl.[Br-]. The van der Waals surface area contributed by atoms with Crippen LogP contribution in [-0.2, 0) is 22.6 Å². The fraction of sp³-hybridized carbons (Fsp3) is 0.217. The van der Waals surface area contributed by atoms with E-state index in [9.17, 15) is 4.79 Å². The monoisotopic (exact) mass is 490 g/mol. The number of aromatic nitrogens is 2. The summed E-state index contributed by atoms with van der Waals surface area (Å²) in [6.07, 6.45) is 7.14. The van der Waals surface area contributed by atoms with Crippen LogP contribution in [0.1, 0.15) is 11.7 Å². The van der Waals surface area contributed by atoms with Crippen molar-refractivity contribution < 1.29 is 35.8 Å². The first-order chi connectivity index (χ1) is 14.2. The first kappa shape index (κ1) is 23.9. The molecule has 1 unspecified atom stereocenters. The fourth-order valence-electron chi connectivity index (χ4n) is 2.92. The molecule has 0 N–H and O–H groups in total. The molecule has 0 fully saturated rings.